The maximum Gasteiger partial charge on any atom is 0.335 e. The molecule has 31 heavy (non-hydrogen) atoms. The minimum absolute atomic E-state index is 0.286. The molecule has 0 radical (unpaired) electrons. The number of benzene rings is 3. The quantitative estimate of drug-likeness (QED) is 0.385. The lowest BCUT2D eigenvalue weighted by Gasteiger charge is -2.16. The third kappa shape index (κ3) is 6.57. The zero-order valence-electron chi connectivity index (χ0n) is 17.7. The summed E-state index contributed by atoms with van der Waals surface area (Å²) in [4.78, 5) is 11.0. The van der Waals surface area contributed by atoms with Crippen LogP contribution in [0.1, 0.15) is 39.5 Å². The van der Waals surface area contributed by atoms with Crippen molar-refractivity contribution in [3.05, 3.63) is 93.0 Å². The summed E-state index contributed by atoms with van der Waals surface area (Å²) in [7, 11) is 0. The number of aryl methyl sites for hydroxylation is 1. The zero-order valence-corrected chi connectivity index (χ0v) is 19.2. The smallest absolute Gasteiger partial charge is 0.335 e. The second-order valence-electron chi connectivity index (χ2n) is 7.20. The van der Waals surface area contributed by atoms with Gasteiger partial charge in [-0.2, -0.15) is 0 Å². The van der Waals surface area contributed by atoms with Gasteiger partial charge in [-0.05, 0) is 54.8 Å². The number of halogens is 1. The van der Waals surface area contributed by atoms with E-state index in [9.17, 15) is 4.79 Å². The Hall–Kier alpha value is -2.83. The Bertz CT molecular complexity index is 1020. The van der Waals surface area contributed by atoms with Crippen molar-refractivity contribution in [2.75, 3.05) is 6.61 Å². The first-order chi connectivity index (χ1) is 15.0. The molecule has 0 saturated heterocycles. The molecule has 0 saturated carbocycles. The number of ether oxygens (including phenoxy) is 2. The van der Waals surface area contributed by atoms with E-state index in [4.69, 9.17) is 14.6 Å². The summed E-state index contributed by atoms with van der Waals surface area (Å²) in [6.07, 6.45) is 0. The van der Waals surface area contributed by atoms with Gasteiger partial charge < -0.3 is 19.9 Å². The Morgan fingerprint density at radius 3 is 2.23 bits per heavy atom. The van der Waals surface area contributed by atoms with Crippen molar-refractivity contribution in [2.24, 2.45) is 0 Å². The molecule has 0 aromatic heterocycles. The molecular formula is C25H26BrNO4. The Labute approximate surface area is 191 Å². The van der Waals surface area contributed by atoms with E-state index in [1.165, 1.54) is 5.56 Å². The van der Waals surface area contributed by atoms with Gasteiger partial charge in [0.15, 0.2) is 11.5 Å². The zero-order chi connectivity index (χ0) is 22.2. The predicted octanol–water partition coefficient (Wildman–Crippen LogP) is 5.72. The van der Waals surface area contributed by atoms with Crippen LogP contribution in [0.4, 0.5) is 0 Å². The highest BCUT2D eigenvalue weighted by Gasteiger charge is 2.11. The van der Waals surface area contributed by atoms with Gasteiger partial charge in [0.05, 0.1) is 12.2 Å². The SMILES string of the molecule is CCOc1cc(CNCc2ccc(C(=O)O)cc2)c(Br)cc1OCc1ccc(C)cc1. The summed E-state index contributed by atoms with van der Waals surface area (Å²) < 4.78 is 12.8. The van der Waals surface area contributed by atoms with Crippen LogP contribution in [0.15, 0.2) is 65.1 Å². The van der Waals surface area contributed by atoms with Crippen molar-refractivity contribution in [1.29, 1.82) is 0 Å². The summed E-state index contributed by atoms with van der Waals surface area (Å²) in [6, 6.07) is 19.1. The van der Waals surface area contributed by atoms with Gasteiger partial charge in [0, 0.05) is 17.6 Å². The molecule has 3 rings (SSSR count). The number of nitrogens with one attached hydrogen (secondary N) is 1. The molecule has 5 nitrogen and oxygen atoms in total. The fraction of sp³-hybridized carbons (Fsp3) is 0.240. The Morgan fingerprint density at radius 1 is 0.935 bits per heavy atom. The van der Waals surface area contributed by atoms with Crippen LogP contribution in [-0.2, 0) is 19.7 Å². The van der Waals surface area contributed by atoms with Crippen molar-refractivity contribution in [3.63, 3.8) is 0 Å². The molecule has 0 aliphatic carbocycles. The van der Waals surface area contributed by atoms with Gasteiger partial charge in [-0.25, -0.2) is 4.79 Å². The third-order valence-corrected chi connectivity index (χ3v) is 5.51. The molecule has 162 valence electrons. The van der Waals surface area contributed by atoms with Crippen LogP contribution in [-0.4, -0.2) is 17.7 Å². The van der Waals surface area contributed by atoms with E-state index in [-0.39, 0.29) is 5.56 Å². The van der Waals surface area contributed by atoms with Crippen molar-refractivity contribution < 1.29 is 19.4 Å². The van der Waals surface area contributed by atoms with Gasteiger partial charge in [-0.15, -0.1) is 0 Å². The molecule has 0 amide bonds. The van der Waals surface area contributed by atoms with E-state index in [1.807, 2.05) is 31.2 Å². The van der Waals surface area contributed by atoms with Crippen LogP contribution in [0.25, 0.3) is 0 Å². The number of carbonyl (C=O) groups is 1. The van der Waals surface area contributed by atoms with Gasteiger partial charge in [0.2, 0.25) is 0 Å². The molecule has 0 bridgehead atoms. The number of aromatic carboxylic acids is 1. The number of carboxylic acid groups (broad SMARTS) is 1. The van der Waals surface area contributed by atoms with Crippen LogP contribution >= 0.6 is 15.9 Å². The standard InChI is InChI=1S/C25H26BrNO4/c1-3-30-23-12-21(15-27-14-18-8-10-20(11-9-18)25(28)29)22(26)13-24(23)31-16-19-6-4-17(2)5-7-19/h4-13,27H,3,14-16H2,1-2H3,(H,28,29). The average molecular weight is 484 g/mol. The molecule has 6 heteroatoms. The Kier molecular flexibility index (Phi) is 8.09. The number of hydrogen-bond donors (Lipinski definition) is 2. The summed E-state index contributed by atoms with van der Waals surface area (Å²) in [6.45, 7) is 6.28. The molecule has 0 heterocycles. The number of hydrogen-bond acceptors (Lipinski definition) is 4. The summed E-state index contributed by atoms with van der Waals surface area (Å²) in [5.41, 5.74) is 4.67. The molecule has 0 aliphatic heterocycles. The van der Waals surface area contributed by atoms with E-state index < -0.39 is 5.97 Å². The van der Waals surface area contributed by atoms with E-state index in [0.717, 1.165) is 21.2 Å². The van der Waals surface area contributed by atoms with Gasteiger partial charge in [-0.1, -0.05) is 57.9 Å². The van der Waals surface area contributed by atoms with Gasteiger partial charge in [0.25, 0.3) is 0 Å². The fourth-order valence-electron chi connectivity index (χ4n) is 3.05. The number of rotatable bonds is 10. The van der Waals surface area contributed by atoms with Gasteiger partial charge in [0.1, 0.15) is 6.61 Å². The first kappa shape index (κ1) is 22.8. The van der Waals surface area contributed by atoms with Gasteiger partial charge >= 0.3 is 5.97 Å². The molecule has 0 unspecified atom stereocenters. The maximum absolute atomic E-state index is 11.0. The second kappa shape index (κ2) is 11.0. The largest absolute Gasteiger partial charge is 0.490 e. The predicted molar refractivity (Wildman–Crippen MR) is 125 cm³/mol. The van der Waals surface area contributed by atoms with Crippen LogP contribution in [0.3, 0.4) is 0 Å². The lowest BCUT2D eigenvalue weighted by atomic mass is 10.1. The first-order valence-electron chi connectivity index (χ1n) is 10.1. The van der Waals surface area contributed by atoms with E-state index in [0.29, 0.717) is 37.8 Å². The minimum atomic E-state index is -0.920. The van der Waals surface area contributed by atoms with E-state index in [2.05, 4.69) is 52.4 Å². The Balaban J connectivity index is 1.64. The molecule has 0 aliphatic rings. The average Bonchev–Trinajstić information content (AvgIpc) is 2.76. The van der Waals surface area contributed by atoms with Crippen LogP contribution < -0.4 is 14.8 Å². The van der Waals surface area contributed by atoms with Crippen LogP contribution in [0.5, 0.6) is 11.5 Å². The highest BCUT2D eigenvalue weighted by Crippen LogP contribution is 2.34. The van der Waals surface area contributed by atoms with Gasteiger partial charge in [-0.3, -0.25) is 0 Å². The summed E-state index contributed by atoms with van der Waals surface area (Å²) in [5.74, 6) is 0.485. The highest BCUT2D eigenvalue weighted by atomic mass is 79.9. The third-order valence-electron chi connectivity index (χ3n) is 4.77. The second-order valence-corrected chi connectivity index (χ2v) is 8.06. The highest BCUT2D eigenvalue weighted by molar-refractivity contribution is 9.10. The van der Waals surface area contributed by atoms with E-state index >= 15 is 0 Å². The van der Waals surface area contributed by atoms with Crippen molar-refractivity contribution >= 4 is 21.9 Å². The molecule has 0 atom stereocenters. The molecule has 3 aromatic rings. The number of carboxylic acids is 1. The molecule has 2 N–H and O–H groups in total. The van der Waals surface area contributed by atoms with Crippen molar-refractivity contribution in [1.82, 2.24) is 5.32 Å². The van der Waals surface area contributed by atoms with Crippen LogP contribution in [0.2, 0.25) is 0 Å². The molecular weight excluding hydrogens is 458 g/mol. The lowest BCUT2D eigenvalue weighted by molar-refractivity contribution is 0.0697. The van der Waals surface area contributed by atoms with E-state index in [1.54, 1.807) is 12.1 Å². The molecule has 3 aromatic carbocycles. The monoisotopic (exact) mass is 483 g/mol. The van der Waals surface area contributed by atoms with Crippen molar-refractivity contribution in [3.8, 4) is 11.5 Å². The lowest BCUT2D eigenvalue weighted by Crippen LogP contribution is -2.13. The van der Waals surface area contributed by atoms with Crippen LogP contribution in [0, 0.1) is 6.92 Å². The maximum atomic E-state index is 11.0. The topological polar surface area (TPSA) is 67.8 Å². The normalized spacial score (nSPS) is 10.7. The first-order valence-corrected chi connectivity index (χ1v) is 10.9. The minimum Gasteiger partial charge on any atom is -0.490 e. The fourth-order valence-corrected chi connectivity index (χ4v) is 3.51. The van der Waals surface area contributed by atoms with Crippen molar-refractivity contribution in [2.45, 2.75) is 33.5 Å². The summed E-state index contributed by atoms with van der Waals surface area (Å²) in [5, 5.41) is 12.4. The Morgan fingerprint density at radius 2 is 1.58 bits per heavy atom. The molecule has 0 spiro atoms. The summed E-state index contributed by atoms with van der Waals surface area (Å²) >= 11 is 3.64. The molecule has 0 fully saturated rings.